The molecule has 19 heavy (non-hydrogen) atoms. The van der Waals surface area contributed by atoms with Crippen molar-refractivity contribution in [1.82, 2.24) is 15.6 Å². The van der Waals surface area contributed by atoms with Gasteiger partial charge in [0.05, 0.1) is 0 Å². The van der Waals surface area contributed by atoms with E-state index in [4.69, 9.17) is 0 Å². The first-order chi connectivity index (χ1) is 9.24. The molecule has 1 aliphatic rings. The number of carbonyl (C=O) groups excluding carboxylic acids is 1. The molecule has 1 fully saturated rings. The monoisotopic (exact) mass is 261 g/mol. The summed E-state index contributed by atoms with van der Waals surface area (Å²) in [4.78, 5) is 16.0. The Kier molecular flexibility index (Phi) is 5.19. The Morgan fingerprint density at radius 1 is 1.32 bits per heavy atom. The van der Waals surface area contributed by atoms with Gasteiger partial charge in [-0.15, -0.1) is 0 Å². The Hall–Kier alpha value is -1.58. The molecule has 0 radical (unpaired) electrons. The Morgan fingerprint density at radius 3 is 2.79 bits per heavy atom. The van der Waals surface area contributed by atoms with E-state index in [9.17, 15) is 4.79 Å². The number of amides is 2. The van der Waals surface area contributed by atoms with E-state index < -0.39 is 0 Å². The van der Waals surface area contributed by atoms with Crippen molar-refractivity contribution in [3.05, 3.63) is 30.1 Å². The molecule has 4 nitrogen and oxygen atoms in total. The van der Waals surface area contributed by atoms with E-state index in [0.29, 0.717) is 12.6 Å². The third kappa shape index (κ3) is 4.89. The van der Waals surface area contributed by atoms with Crippen LogP contribution in [0.5, 0.6) is 0 Å². The highest BCUT2D eigenvalue weighted by Gasteiger charge is 2.19. The lowest BCUT2D eigenvalue weighted by atomic mass is 9.87. The number of rotatable bonds is 4. The van der Waals surface area contributed by atoms with E-state index in [1.165, 1.54) is 12.8 Å². The number of nitrogens with one attached hydrogen (secondary N) is 2. The number of hydrogen-bond donors (Lipinski definition) is 2. The molecule has 0 aliphatic heterocycles. The average Bonchev–Trinajstić information content (AvgIpc) is 2.43. The van der Waals surface area contributed by atoms with Gasteiger partial charge in [-0.1, -0.05) is 13.0 Å². The van der Waals surface area contributed by atoms with Crippen LogP contribution in [0, 0.1) is 5.92 Å². The van der Waals surface area contributed by atoms with E-state index in [0.717, 1.165) is 30.9 Å². The number of nitrogens with zero attached hydrogens (tertiary/aromatic N) is 1. The van der Waals surface area contributed by atoms with Gasteiger partial charge in [0.1, 0.15) is 0 Å². The third-order valence-electron chi connectivity index (χ3n) is 3.74. The lowest BCUT2D eigenvalue weighted by Crippen LogP contribution is -2.44. The second-order valence-corrected chi connectivity index (χ2v) is 5.43. The van der Waals surface area contributed by atoms with E-state index in [2.05, 4.69) is 22.5 Å². The van der Waals surface area contributed by atoms with Crippen molar-refractivity contribution in [2.45, 2.75) is 45.1 Å². The Labute approximate surface area is 115 Å². The molecule has 0 atom stereocenters. The third-order valence-corrected chi connectivity index (χ3v) is 3.74. The molecule has 0 unspecified atom stereocenters. The molecular weight excluding hydrogens is 238 g/mol. The first-order valence-corrected chi connectivity index (χ1v) is 7.18. The van der Waals surface area contributed by atoms with Crippen LogP contribution in [0.1, 0.15) is 38.3 Å². The molecule has 4 heteroatoms. The topological polar surface area (TPSA) is 54.0 Å². The summed E-state index contributed by atoms with van der Waals surface area (Å²) in [5, 5.41) is 5.95. The van der Waals surface area contributed by atoms with E-state index in [-0.39, 0.29) is 6.03 Å². The highest BCUT2D eigenvalue weighted by Crippen LogP contribution is 2.23. The molecule has 1 aliphatic carbocycles. The van der Waals surface area contributed by atoms with Crippen molar-refractivity contribution in [2.24, 2.45) is 5.92 Å². The van der Waals surface area contributed by atoms with Crippen LogP contribution < -0.4 is 10.6 Å². The maximum atomic E-state index is 11.7. The van der Waals surface area contributed by atoms with Crippen LogP contribution in [-0.2, 0) is 6.42 Å². The Morgan fingerprint density at radius 2 is 2.11 bits per heavy atom. The smallest absolute Gasteiger partial charge is 0.315 e. The number of hydrogen-bond acceptors (Lipinski definition) is 2. The fourth-order valence-electron chi connectivity index (χ4n) is 2.49. The first kappa shape index (κ1) is 13.8. The fraction of sp³-hybridized carbons (Fsp3) is 0.600. The van der Waals surface area contributed by atoms with E-state index in [1.54, 1.807) is 6.20 Å². The van der Waals surface area contributed by atoms with Gasteiger partial charge in [0.2, 0.25) is 0 Å². The number of pyridine rings is 1. The maximum absolute atomic E-state index is 11.7. The van der Waals surface area contributed by atoms with Crippen molar-refractivity contribution in [3.63, 3.8) is 0 Å². The molecule has 1 aromatic heterocycles. The molecule has 104 valence electrons. The second kappa shape index (κ2) is 7.12. The van der Waals surface area contributed by atoms with Gasteiger partial charge in [-0.2, -0.15) is 0 Å². The molecule has 0 aromatic carbocycles. The summed E-state index contributed by atoms with van der Waals surface area (Å²) in [6, 6.07) is 6.14. The zero-order valence-electron chi connectivity index (χ0n) is 11.6. The fourth-order valence-corrected chi connectivity index (χ4v) is 2.49. The molecule has 2 amide bonds. The summed E-state index contributed by atoms with van der Waals surface area (Å²) < 4.78 is 0. The summed E-state index contributed by atoms with van der Waals surface area (Å²) in [5.74, 6) is 0.810. The summed E-state index contributed by atoms with van der Waals surface area (Å²) in [6.45, 7) is 2.91. The molecular formula is C15H23N3O. The minimum absolute atomic E-state index is 0.0458. The average molecular weight is 261 g/mol. The summed E-state index contributed by atoms with van der Waals surface area (Å²) in [7, 11) is 0. The molecule has 0 bridgehead atoms. The van der Waals surface area contributed by atoms with Crippen LogP contribution in [0.25, 0.3) is 0 Å². The van der Waals surface area contributed by atoms with Crippen LogP contribution in [0.15, 0.2) is 24.4 Å². The van der Waals surface area contributed by atoms with Crippen molar-refractivity contribution >= 4 is 6.03 Å². The zero-order valence-corrected chi connectivity index (χ0v) is 11.6. The van der Waals surface area contributed by atoms with Crippen LogP contribution in [0.2, 0.25) is 0 Å². The molecule has 1 saturated carbocycles. The molecule has 0 spiro atoms. The van der Waals surface area contributed by atoms with Crippen LogP contribution in [0.3, 0.4) is 0 Å². The summed E-state index contributed by atoms with van der Waals surface area (Å²) >= 11 is 0. The van der Waals surface area contributed by atoms with Crippen molar-refractivity contribution < 1.29 is 4.79 Å². The minimum Gasteiger partial charge on any atom is -0.338 e. The van der Waals surface area contributed by atoms with E-state index in [1.807, 2.05) is 18.2 Å². The first-order valence-electron chi connectivity index (χ1n) is 7.18. The lowest BCUT2D eigenvalue weighted by molar-refractivity contribution is 0.228. The number of aromatic nitrogens is 1. The summed E-state index contributed by atoms with van der Waals surface area (Å²) in [6.07, 6.45) is 7.20. The van der Waals surface area contributed by atoms with Gasteiger partial charge < -0.3 is 10.6 Å². The van der Waals surface area contributed by atoms with E-state index >= 15 is 0 Å². The van der Waals surface area contributed by atoms with Crippen molar-refractivity contribution in [1.29, 1.82) is 0 Å². The van der Waals surface area contributed by atoms with Gasteiger partial charge in [-0.3, -0.25) is 4.98 Å². The quantitative estimate of drug-likeness (QED) is 0.875. The Balaban J connectivity index is 1.62. The van der Waals surface area contributed by atoms with Crippen LogP contribution >= 0.6 is 0 Å². The highest BCUT2D eigenvalue weighted by molar-refractivity contribution is 5.74. The standard InChI is InChI=1S/C15H23N3O/c1-12-5-7-14(8-6-12)18-15(19)17-11-9-13-4-2-3-10-16-13/h2-4,10,12,14H,5-9,11H2,1H3,(H2,17,18,19). The molecule has 2 N–H and O–H groups in total. The lowest BCUT2D eigenvalue weighted by Gasteiger charge is -2.26. The zero-order chi connectivity index (χ0) is 13.5. The molecule has 0 saturated heterocycles. The SMILES string of the molecule is CC1CCC(NC(=O)NCCc2ccccn2)CC1. The minimum atomic E-state index is -0.0458. The summed E-state index contributed by atoms with van der Waals surface area (Å²) in [5.41, 5.74) is 1.01. The Bertz CT molecular complexity index is 386. The predicted octanol–water partition coefficient (Wildman–Crippen LogP) is 2.50. The second-order valence-electron chi connectivity index (χ2n) is 5.43. The molecule has 1 heterocycles. The molecule has 1 aromatic rings. The van der Waals surface area contributed by atoms with Gasteiger partial charge in [0.15, 0.2) is 0 Å². The van der Waals surface area contributed by atoms with Crippen LogP contribution in [-0.4, -0.2) is 23.6 Å². The van der Waals surface area contributed by atoms with Gasteiger partial charge >= 0.3 is 6.03 Å². The molecule has 2 rings (SSSR count). The predicted molar refractivity (Wildman–Crippen MR) is 75.9 cm³/mol. The van der Waals surface area contributed by atoms with Gasteiger partial charge in [-0.25, -0.2) is 4.79 Å². The number of urea groups is 1. The maximum Gasteiger partial charge on any atom is 0.315 e. The van der Waals surface area contributed by atoms with Gasteiger partial charge in [0.25, 0.3) is 0 Å². The van der Waals surface area contributed by atoms with Crippen molar-refractivity contribution in [3.8, 4) is 0 Å². The highest BCUT2D eigenvalue weighted by atomic mass is 16.2. The normalized spacial score (nSPS) is 22.8. The number of carbonyl (C=O) groups is 1. The van der Waals surface area contributed by atoms with Crippen LogP contribution in [0.4, 0.5) is 4.79 Å². The van der Waals surface area contributed by atoms with Gasteiger partial charge in [0, 0.05) is 30.9 Å². The van der Waals surface area contributed by atoms with Crippen molar-refractivity contribution in [2.75, 3.05) is 6.54 Å². The van der Waals surface area contributed by atoms with Gasteiger partial charge in [-0.05, 0) is 43.7 Å². The largest absolute Gasteiger partial charge is 0.338 e.